The van der Waals surface area contributed by atoms with Crippen molar-refractivity contribution >= 4 is 16.8 Å². The van der Waals surface area contributed by atoms with Gasteiger partial charge in [0.15, 0.2) is 0 Å². The van der Waals surface area contributed by atoms with E-state index in [9.17, 15) is 4.79 Å². The minimum absolute atomic E-state index is 0.0822. The summed E-state index contributed by atoms with van der Waals surface area (Å²) in [7, 11) is 1.66. The van der Waals surface area contributed by atoms with Crippen molar-refractivity contribution in [2.45, 2.75) is 40.3 Å². The Balaban J connectivity index is 1.37. The minimum atomic E-state index is -0.140. The Kier molecular flexibility index (Phi) is 7.06. The van der Waals surface area contributed by atoms with Gasteiger partial charge in [0.05, 0.1) is 13.2 Å². The van der Waals surface area contributed by atoms with Crippen LogP contribution in [0.2, 0.25) is 0 Å². The first-order valence-corrected chi connectivity index (χ1v) is 13.0. The van der Waals surface area contributed by atoms with Crippen LogP contribution in [0.3, 0.4) is 0 Å². The molecule has 5 aromatic rings. The van der Waals surface area contributed by atoms with E-state index in [2.05, 4.69) is 84.4 Å². The van der Waals surface area contributed by atoms with Gasteiger partial charge in [0.2, 0.25) is 0 Å². The molecule has 1 N–H and O–H groups in total. The lowest BCUT2D eigenvalue weighted by Crippen LogP contribution is -2.26. The molecule has 0 unspecified atom stereocenters. The van der Waals surface area contributed by atoms with Gasteiger partial charge in [0, 0.05) is 28.7 Å². The largest absolute Gasteiger partial charge is 0.497 e. The fraction of sp³-hybridized carbons (Fsp3) is 0.206. The maximum atomic E-state index is 13.2. The summed E-state index contributed by atoms with van der Waals surface area (Å²) in [5.41, 5.74) is 10.0. The third-order valence-electron chi connectivity index (χ3n) is 7.46. The third-order valence-corrected chi connectivity index (χ3v) is 7.46. The highest BCUT2D eigenvalue weighted by atomic mass is 16.5. The van der Waals surface area contributed by atoms with Crippen LogP contribution in [0.15, 0.2) is 91.0 Å². The van der Waals surface area contributed by atoms with Crippen LogP contribution in [0.25, 0.3) is 22.0 Å². The van der Waals surface area contributed by atoms with E-state index in [-0.39, 0.29) is 11.9 Å². The molecule has 0 aliphatic carbocycles. The van der Waals surface area contributed by atoms with Crippen molar-refractivity contribution in [3.63, 3.8) is 0 Å². The number of hydrogen-bond acceptors (Lipinski definition) is 2. The van der Waals surface area contributed by atoms with Crippen LogP contribution in [0, 0.1) is 20.8 Å². The van der Waals surface area contributed by atoms with E-state index >= 15 is 0 Å². The number of carbonyl (C=O) groups excluding carboxylic acids is 1. The number of amides is 1. The van der Waals surface area contributed by atoms with Gasteiger partial charge in [-0.1, -0.05) is 60.7 Å². The first-order chi connectivity index (χ1) is 18.3. The number of rotatable bonds is 7. The minimum Gasteiger partial charge on any atom is -0.497 e. The van der Waals surface area contributed by atoms with Crippen LogP contribution < -0.4 is 10.1 Å². The van der Waals surface area contributed by atoms with E-state index in [1.807, 2.05) is 44.2 Å². The molecule has 4 nitrogen and oxygen atoms in total. The fourth-order valence-electron chi connectivity index (χ4n) is 5.12. The normalized spacial score (nSPS) is 11.9. The monoisotopic (exact) mass is 502 g/mol. The number of benzene rings is 4. The molecule has 4 aromatic carbocycles. The fourth-order valence-corrected chi connectivity index (χ4v) is 5.12. The average molecular weight is 503 g/mol. The molecule has 1 amide bonds. The molecular weight excluding hydrogens is 468 g/mol. The molecule has 0 saturated heterocycles. The second-order valence-corrected chi connectivity index (χ2v) is 10.1. The van der Waals surface area contributed by atoms with E-state index in [1.54, 1.807) is 7.11 Å². The number of fused-ring (bicyclic) bond motifs is 1. The number of nitrogens with one attached hydrogen (secondary N) is 1. The Hall–Kier alpha value is -4.31. The first kappa shape index (κ1) is 25.3. The molecule has 0 aliphatic heterocycles. The van der Waals surface area contributed by atoms with Gasteiger partial charge in [0.25, 0.3) is 5.91 Å². The topological polar surface area (TPSA) is 43.3 Å². The van der Waals surface area contributed by atoms with Gasteiger partial charge in [0.1, 0.15) is 5.75 Å². The van der Waals surface area contributed by atoms with E-state index in [0.717, 1.165) is 34.3 Å². The van der Waals surface area contributed by atoms with E-state index in [0.29, 0.717) is 5.56 Å². The van der Waals surface area contributed by atoms with Crippen molar-refractivity contribution < 1.29 is 9.53 Å². The predicted molar refractivity (Wildman–Crippen MR) is 156 cm³/mol. The molecule has 0 saturated carbocycles. The number of ether oxygens (including phenoxy) is 1. The van der Waals surface area contributed by atoms with Gasteiger partial charge in [-0.15, -0.1) is 0 Å². The smallest absolute Gasteiger partial charge is 0.251 e. The van der Waals surface area contributed by atoms with Gasteiger partial charge in [-0.3, -0.25) is 4.79 Å². The number of aromatic nitrogens is 1. The Morgan fingerprint density at radius 2 is 1.58 bits per heavy atom. The summed E-state index contributed by atoms with van der Waals surface area (Å²) in [5.74, 6) is 0.714. The summed E-state index contributed by atoms with van der Waals surface area (Å²) in [6, 6.07) is 31.1. The van der Waals surface area contributed by atoms with Gasteiger partial charge in [-0.05, 0) is 91.4 Å². The summed E-state index contributed by atoms with van der Waals surface area (Å²) in [5, 5.41) is 4.27. The second kappa shape index (κ2) is 10.6. The maximum absolute atomic E-state index is 13.2. The Labute approximate surface area is 224 Å². The van der Waals surface area contributed by atoms with Crippen molar-refractivity contribution in [2.75, 3.05) is 7.11 Å². The van der Waals surface area contributed by atoms with Crippen LogP contribution in [-0.4, -0.2) is 17.6 Å². The molecule has 1 atom stereocenters. The predicted octanol–water partition coefficient (Wildman–Crippen LogP) is 7.78. The number of nitrogens with zero attached hydrogens (tertiary/aromatic N) is 1. The molecule has 0 fully saturated rings. The molecule has 4 heteroatoms. The molecule has 1 heterocycles. The molecular formula is C34H34N2O2. The van der Waals surface area contributed by atoms with E-state index in [1.165, 1.54) is 27.9 Å². The van der Waals surface area contributed by atoms with Gasteiger partial charge in [-0.25, -0.2) is 0 Å². The third kappa shape index (κ3) is 5.08. The van der Waals surface area contributed by atoms with Crippen molar-refractivity contribution in [2.24, 2.45) is 0 Å². The highest BCUT2D eigenvalue weighted by Crippen LogP contribution is 2.29. The zero-order valence-electron chi connectivity index (χ0n) is 22.7. The second-order valence-electron chi connectivity index (χ2n) is 10.1. The van der Waals surface area contributed by atoms with Crippen LogP contribution in [0.1, 0.15) is 51.3 Å². The summed E-state index contributed by atoms with van der Waals surface area (Å²) in [6.07, 6.45) is 0. The number of carbonyl (C=O) groups is 1. The maximum Gasteiger partial charge on any atom is 0.251 e. The molecule has 192 valence electrons. The lowest BCUT2D eigenvalue weighted by Gasteiger charge is -2.16. The summed E-state index contributed by atoms with van der Waals surface area (Å²) in [4.78, 5) is 13.2. The molecule has 5 rings (SSSR count). The molecule has 38 heavy (non-hydrogen) atoms. The van der Waals surface area contributed by atoms with E-state index in [4.69, 9.17) is 4.74 Å². The molecule has 0 radical (unpaired) electrons. The van der Waals surface area contributed by atoms with Gasteiger partial charge >= 0.3 is 0 Å². The van der Waals surface area contributed by atoms with E-state index < -0.39 is 0 Å². The van der Waals surface area contributed by atoms with Crippen LogP contribution in [-0.2, 0) is 6.54 Å². The van der Waals surface area contributed by atoms with Gasteiger partial charge < -0.3 is 14.6 Å². The number of hydrogen-bond donors (Lipinski definition) is 1. The van der Waals surface area contributed by atoms with Gasteiger partial charge in [-0.2, -0.15) is 0 Å². The first-order valence-electron chi connectivity index (χ1n) is 13.0. The lowest BCUT2D eigenvalue weighted by atomic mass is 10.0. The SMILES string of the molecule is COc1cc(C)cc([C@H](C)NC(=O)c2ccc3c(c2)c(C)c(C)n3Cc2ccc(-c3ccccc3)cc2)c1. The number of aryl methyl sites for hydroxylation is 2. The van der Waals surface area contributed by atoms with Crippen LogP contribution in [0.5, 0.6) is 5.75 Å². The van der Waals surface area contributed by atoms with Crippen LogP contribution in [0.4, 0.5) is 0 Å². The van der Waals surface area contributed by atoms with Crippen molar-refractivity contribution in [1.29, 1.82) is 0 Å². The molecule has 0 aliphatic rings. The molecule has 0 bridgehead atoms. The Bertz CT molecular complexity index is 1600. The standard InChI is InChI=1S/C34H34N2O2/c1-22-17-30(19-31(18-22)38-5)24(3)35-34(37)29-15-16-33-32(20-29)23(2)25(4)36(33)21-26-11-13-28(14-12-26)27-9-7-6-8-10-27/h6-20,24H,21H2,1-5H3,(H,35,37)/t24-/m0/s1. The Morgan fingerprint density at radius 1 is 0.868 bits per heavy atom. The van der Waals surface area contributed by atoms with Crippen molar-refractivity contribution in [3.05, 3.63) is 125 Å². The van der Waals surface area contributed by atoms with Crippen molar-refractivity contribution in [1.82, 2.24) is 9.88 Å². The summed E-state index contributed by atoms with van der Waals surface area (Å²) in [6.45, 7) is 9.10. The zero-order valence-corrected chi connectivity index (χ0v) is 22.7. The molecule has 0 spiro atoms. The Morgan fingerprint density at radius 3 is 2.29 bits per heavy atom. The lowest BCUT2D eigenvalue weighted by molar-refractivity contribution is 0.0940. The summed E-state index contributed by atoms with van der Waals surface area (Å²) >= 11 is 0. The quantitative estimate of drug-likeness (QED) is 0.247. The highest BCUT2D eigenvalue weighted by molar-refractivity contribution is 5.99. The summed E-state index contributed by atoms with van der Waals surface area (Å²) < 4.78 is 7.74. The van der Waals surface area contributed by atoms with Crippen LogP contribution >= 0.6 is 0 Å². The highest BCUT2D eigenvalue weighted by Gasteiger charge is 2.17. The average Bonchev–Trinajstić information content (AvgIpc) is 3.17. The van der Waals surface area contributed by atoms with Crippen molar-refractivity contribution in [3.8, 4) is 16.9 Å². The number of methoxy groups -OCH3 is 1. The zero-order chi connectivity index (χ0) is 26.8. The molecule has 1 aromatic heterocycles.